The van der Waals surface area contributed by atoms with Gasteiger partial charge in [0.05, 0.1) is 24.0 Å². The molecule has 8 nitrogen and oxygen atoms in total. The Morgan fingerprint density at radius 2 is 1.18 bits per heavy atom. The fourth-order valence-corrected chi connectivity index (χ4v) is 7.98. The van der Waals surface area contributed by atoms with Crippen molar-refractivity contribution in [1.29, 1.82) is 0 Å². The molecule has 1 aliphatic rings. The Morgan fingerprint density at radius 3 is 1.61 bits per heavy atom. The van der Waals surface area contributed by atoms with Crippen molar-refractivity contribution in [1.82, 2.24) is 8.61 Å². The fraction of sp³-hybridized carbons (Fsp3) is 0.478. The number of hydrogen-bond acceptors (Lipinski definition) is 6. The first-order valence-corrected chi connectivity index (χ1v) is 13.5. The molecule has 2 aromatic carbocycles. The third-order valence-corrected chi connectivity index (χ3v) is 10.3. The molecule has 33 heavy (non-hydrogen) atoms. The second kappa shape index (κ2) is 9.25. The molecule has 0 N–H and O–H groups in total. The first-order valence-electron chi connectivity index (χ1n) is 10.7. The standard InChI is InChI=1S/C23H32N2O6S2/c1-15-12-22(17(3)10-20(15)30-6)32(26,27)24-8-9-25(19(5)14-24)33(28,29)23-13-16(2)21(31-7)11-18(23)4/h10-13,19H,8-9,14H2,1-7H3/t19-/m1/s1. The van der Waals surface area contributed by atoms with Crippen molar-refractivity contribution in [3.63, 3.8) is 0 Å². The highest BCUT2D eigenvalue weighted by atomic mass is 32.2. The fourth-order valence-electron chi connectivity index (χ4n) is 4.27. The van der Waals surface area contributed by atoms with E-state index in [1.165, 1.54) is 8.61 Å². The number of rotatable bonds is 6. The number of methoxy groups -OCH3 is 2. The van der Waals surface area contributed by atoms with Crippen LogP contribution in [-0.4, -0.2) is 65.3 Å². The van der Waals surface area contributed by atoms with Gasteiger partial charge in [-0.25, -0.2) is 16.8 Å². The molecular weight excluding hydrogens is 464 g/mol. The first-order chi connectivity index (χ1) is 15.3. The molecule has 1 heterocycles. The number of hydrogen-bond donors (Lipinski definition) is 0. The van der Waals surface area contributed by atoms with Crippen LogP contribution in [0.2, 0.25) is 0 Å². The molecule has 0 amide bonds. The average Bonchev–Trinajstić information content (AvgIpc) is 2.75. The highest BCUT2D eigenvalue weighted by Gasteiger charge is 2.39. The highest BCUT2D eigenvalue weighted by Crippen LogP contribution is 2.32. The second-order valence-electron chi connectivity index (χ2n) is 8.50. The van der Waals surface area contributed by atoms with E-state index in [4.69, 9.17) is 9.47 Å². The lowest BCUT2D eigenvalue weighted by Gasteiger charge is -2.38. The minimum absolute atomic E-state index is 0.0697. The zero-order valence-electron chi connectivity index (χ0n) is 20.2. The van der Waals surface area contributed by atoms with E-state index in [1.54, 1.807) is 73.1 Å². The van der Waals surface area contributed by atoms with Gasteiger partial charge in [-0.05, 0) is 81.1 Å². The smallest absolute Gasteiger partial charge is 0.243 e. The summed E-state index contributed by atoms with van der Waals surface area (Å²) in [5, 5.41) is 0. The Bertz CT molecular complexity index is 1270. The quantitative estimate of drug-likeness (QED) is 0.610. The number of benzene rings is 2. The van der Waals surface area contributed by atoms with Gasteiger partial charge in [-0.1, -0.05) is 0 Å². The highest BCUT2D eigenvalue weighted by molar-refractivity contribution is 7.89. The number of piperazine rings is 1. The lowest BCUT2D eigenvalue weighted by molar-refractivity contribution is 0.212. The van der Waals surface area contributed by atoms with Crippen LogP contribution in [-0.2, 0) is 20.0 Å². The van der Waals surface area contributed by atoms with Gasteiger partial charge < -0.3 is 9.47 Å². The lowest BCUT2D eigenvalue weighted by atomic mass is 10.1. The molecule has 10 heteroatoms. The summed E-state index contributed by atoms with van der Waals surface area (Å²) in [5.41, 5.74) is 2.62. The van der Waals surface area contributed by atoms with Crippen molar-refractivity contribution < 1.29 is 26.3 Å². The number of aryl methyl sites for hydroxylation is 4. The molecule has 0 bridgehead atoms. The summed E-state index contributed by atoms with van der Waals surface area (Å²) in [4.78, 5) is 0.427. The van der Waals surface area contributed by atoms with Gasteiger partial charge >= 0.3 is 0 Å². The molecule has 0 radical (unpaired) electrons. The van der Waals surface area contributed by atoms with Crippen molar-refractivity contribution in [3.8, 4) is 11.5 Å². The van der Waals surface area contributed by atoms with Gasteiger partial charge in [0.15, 0.2) is 0 Å². The average molecular weight is 497 g/mol. The molecule has 0 saturated carbocycles. The van der Waals surface area contributed by atoms with E-state index in [-0.39, 0.29) is 29.4 Å². The number of sulfonamides is 2. The van der Waals surface area contributed by atoms with E-state index >= 15 is 0 Å². The summed E-state index contributed by atoms with van der Waals surface area (Å²) in [5.74, 6) is 1.25. The van der Waals surface area contributed by atoms with Gasteiger partial charge in [0.25, 0.3) is 0 Å². The summed E-state index contributed by atoms with van der Waals surface area (Å²) in [6.45, 7) is 9.00. The number of ether oxygens (including phenoxy) is 2. The monoisotopic (exact) mass is 496 g/mol. The molecule has 2 aromatic rings. The molecule has 3 rings (SSSR count). The maximum atomic E-state index is 13.5. The largest absolute Gasteiger partial charge is 0.496 e. The topological polar surface area (TPSA) is 93.2 Å². The van der Waals surface area contributed by atoms with Crippen LogP contribution in [0, 0.1) is 27.7 Å². The summed E-state index contributed by atoms with van der Waals surface area (Å²) < 4.78 is 67.1. The van der Waals surface area contributed by atoms with E-state index in [0.29, 0.717) is 22.6 Å². The normalized spacial score (nSPS) is 18.3. The van der Waals surface area contributed by atoms with Crippen LogP contribution in [0.5, 0.6) is 11.5 Å². The predicted octanol–water partition coefficient (Wildman–Crippen LogP) is 3.02. The van der Waals surface area contributed by atoms with E-state index in [0.717, 1.165) is 11.1 Å². The molecule has 1 atom stereocenters. The molecule has 1 fully saturated rings. The van der Waals surface area contributed by atoms with Crippen LogP contribution in [0.3, 0.4) is 0 Å². The second-order valence-corrected chi connectivity index (χ2v) is 12.3. The van der Waals surface area contributed by atoms with Gasteiger partial charge in [0.1, 0.15) is 11.5 Å². The molecule has 0 spiro atoms. The van der Waals surface area contributed by atoms with Gasteiger partial charge in [-0.15, -0.1) is 0 Å². The summed E-state index contributed by atoms with van der Waals surface area (Å²) in [7, 11) is -4.51. The SMILES string of the molecule is COc1cc(C)c(S(=O)(=O)N2CCN(S(=O)(=O)c3cc(C)c(OC)cc3C)[C@H](C)C2)cc1C. The minimum Gasteiger partial charge on any atom is -0.496 e. The van der Waals surface area contributed by atoms with E-state index < -0.39 is 26.1 Å². The van der Waals surface area contributed by atoms with Crippen molar-refractivity contribution >= 4 is 20.0 Å². The van der Waals surface area contributed by atoms with Crippen molar-refractivity contribution in [2.24, 2.45) is 0 Å². The number of nitrogens with zero attached hydrogens (tertiary/aromatic N) is 2. The molecule has 182 valence electrons. The van der Waals surface area contributed by atoms with Crippen LogP contribution in [0.1, 0.15) is 29.2 Å². The lowest BCUT2D eigenvalue weighted by Crippen LogP contribution is -2.55. The Kier molecular flexibility index (Phi) is 7.14. The first kappa shape index (κ1) is 25.5. The van der Waals surface area contributed by atoms with Gasteiger partial charge in [0.2, 0.25) is 20.0 Å². The van der Waals surface area contributed by atoms with Crippen LogP contribution >= 0.6 is 0 Å². The maximum absolute atomic E-state index is 13.5. The van der Waals surface area contributed by atoms with Gasteiger partial charge in [-0.3, -0.25) is 0 Å². The van der Waals surface area contributed by atoms with Crippen LogP contribution in [0.15, 0.2) is 34.1 Å². The van der Waals surface area contributed by atoms with Crippen molar-refractivity contribution in [2.75, 3.05) is 33.9 Å². The summed E-state index contributed by atoms with van der Waals surface area (Å²) in [6.07, 6.45) is 0. The Morgan fingerprint density at radius 1 is 0.727 bits per heavy atom. The molecular formula is C23H32N2O6S2. The predicted molar refractivity (Wildman–Crippen MR) is 127 cm³/mol. The molecule has 0 aromatic heterocycles. The van der Waals surface area contributed by atoms with E-state index in [2.05, 4.69) is 0 Å². The van der Waals surface area contributed by atoms with Gasteiger partial charge in [-0.2, -0.15) is 8.61 Å². The van der Waals surface area contributed by atoms with Crippen LogP contribution < -0.4 is 9.47 Å². The molecule has 1 saturated heterocycles. The third kappa shape index (κ3) is 4.62. The van der Waals surface area contributed by atoms with E-state index in [1.807, 2.05) is 0 Å². The molecule has 0 unspecified atom stereocenters. The van der Waals surface area contributed by atoms with Crippen molar-refractivity contribution in [2.45, 2.75) is 50.5 Å². The Labute approximate surface area is 197 Å². The zero-order valence-corrected chi connectivity index (χ0v) is 21.8. The van der Waals surface area contributed by atoms with E-state index in [9.17, 15) is 16.8 Å². The van der Waals surface area contributed by atoms with Crippen LogP contribution in [0.25, 0.3) is 0 Å². The minimum atomic E-state index is -3.81. The summed E-state index contributed by atoms with van der Waals surface area (Å²) in [6, 6.07) is 6.12. The zero-order chi connectivity index (χ0) is 24.7. The van der Waals surface area contributed by atoms with Crippen molar-refractivity contribution in [3.05, 3.63) is 46.5 Å². The molecule has 0 aliphatic carbocycles. The Hall–Kier alpha value is -2.14. The maximum Gasteiger partial charge on any atom is 0.243 e. The van der Waals surface area contributed by atoms with Crippen LogP contribution in [0.4, 0.5) is 0 Å². The third-order valence-electron chi connectivity index (χ3n) is 6.12. The molecule has 1 aliphatic heterocycles. The van der Waals surface area contributed by atoms with Gasteiger partial charge in [0, 0.05) is 25.7 Å². The Balaban J connectivity index is 1.89. The summed E-state index contributed by atoms with van der Waals surface area (Å²) >= 11 is 0.